The zero-order valence-corrected chi connectivity index (χ0v) is 15.5. The number of anilines is 1. The summed E-state index contributed by atoms with van der Waals surface area (Å²) in [5.74, 6) is 0.252. The molecule has 4 rings (SSSR count). The molecule has 7 nitrogen and oxygen atoms in total. The lowest BCUT2D eigenvalue weighted by Crippen LogP contribution is -2.32. The normalized spacial score (nSPS) is 14.7. The summed E-state index contributed by atoms with van der Waals surface area (Å²) in [6, 6.07) is 14.3. The molecule has 0 radical (unpaired) electrons. The van der Waals surface area contributed by atoms with Crippen LogP contribution in [0, 0.1) is 0 Å². The fraction of sp³-hybridized carbons (Fsp3) is 0.238. The van der Waals surface area contributed by atoms with Crippen LogP contribution in [0.25, 0.3) is 10.9 Å². The van der Waals surface area contributed by atoms with E-state index in [1.165, 1.54) is 0 Å². The van der Waals surface area contributed by atoms with E-state index in [9.17, 15) is 9.59 Å². The Morgan fingerprint density at radius 1 is 1.21 bits per heavy atom. The van der Waals surface area contributed by atoms with Crippen LogP contribution in [0.1, 0.15) is 35.9 Å². The van der Waals surface area contributed by atoms with Gasteiger partial charge in [0.1, 0.15) is 5.71 Å². The molecule has 3 aromatic rings. The van der Waals surface area contributed by atoms with Crippen LogP contribution in [0.15, 0.2) is 58.4 Å². The van der Waals surface area contributed by atoms with Gasteiger partial charge in [0, 0.05) is 6.54 Å². The highest BCUT2D eigenvalue weighted by Gasteiger charge is 2.20. The highest BCUT2D eigenvalue weighted by molar-refractivity contribution is 6.00. The van der Waals surface area contributed by atoms with Gasteiger partial charge in [0.2, 0.25) is 0 Å². The fourth-order valence-electron chi connectivity index (χ4n) is 3.25. The van der Waals surface area contributed by atoms with Crippen LogP contribution in [0.4, 0.5) is 5.69 Å². The molecular formula is C21H20N4O3. The lowest BCUT2D eigenvalue weighted by molar-refractivity contribution is 0.0526. The van der Waals surface area contributed by atoms with Crippen LogP contribution in [0.3, 0.4) is 0 Å². The van der Waals surface area contributed by atoms with Crippen LogP contribution < -0.4 is 11.0 Å². The van der Waals surface area contributed by atoms with E-state index in [-0.39, 0.29) is 11.5 Å². The number of para-hydroxylation sites is 1. The van der Waals surface area contributed by atoms with E-state index in [1.807, 2.05) is 18.2 Å². The van der Waals surface area contributed by atoms with Gasteiger partial charge < -0.3 is 4.74 Å². The van der Waals surface area contributed by atoms with Gasteiger partial charge in [-0.2, -0.15) is 5.10 Å². The third kappa shape index (κ3) is 3.38. The second-order valence-corrected chi connectivity index (χ2v) is 6.48. The Morgan fingerprint density at radius 3 is 2.79 bits per heavy atom. The Hall–Kier alpha value is -3.48. The third-order valence-corrected chi connectivity index (χ3v) is 4.63. The molecule has 0 saturated carbocycles. The zero-order chi connectivity index (χ0) is 19.5. The van der Waals surface area contributed by atoms with Crippen LogP contribution in [0.5, 0.6) is 0 Å². The Balaban J connectivity index is 1.62. The van der Waals surface area contributed by atoms with Gasteiger partial charge in [-0.3, -0.25) is 14.8 Å². The van der Waals surface area contributed by atoms with Crippen molar-refractivity contribution in [2.45, 2.75) is 26.3 Å². The molecule has 0 aliphatic carbocycles. The first-order valence-electron chi connectivity index (χ1n) is 9.27. The monoisotopic (exact) mass is 376 g/mol. The smallest absolute Gasteiger partial charge is 0.338 e. The maximum atomic E-state index is 12.8. The Kier molecular flexibility index (Phi) is 4.89. The maximum absolute atomic E-state index is 12.8. The molecule has 1 aromatic heterocycles. The Bertz CT molecular complexity index is 1120. The van der Waals surface area contributed by atoms with Crippen molar-refractivity contribution in [3.8, 4) is 0 Å². The average Bonchev–Trinajstić information content (AvgIpc) is 2.73. The van der Waals surface area contributed by atoms with Crippen molar-refractivity contribution >= 4 is 28.3 Å². The molecule has 0 amide bonds. The molecule has 1 N–H and O–H groups in total. The molecule has 0 unspecified atom stereocenters. The second-order valence-electron chi connectivity index (χ2n) is 6.48. The van der Waals surface area contributed by atoms with Crippen LogP contribution in [0.2, 0.25) is 0 Å². The lowest BCUT2D eigenvalue weighted by Gasteiger charge is -2.19. The van der Waals surface area contributed by atoms with E-state index in [0.717, 1.165) is 24.2 Å². The van der Waals surface area contributed by atoms with Gasteiger partial charge in [-0.05, 0) is 56.2 Å². The number of rotatable bonds is 4. The molecule has 7 heteroatoms. The molecule has 0 fully saturated rings. The van der Waals surface area contributed by atoms with E-state index in [2.05, 4.69) is 15.5 Å². The first-order chi connectivity index (χ1) is 13.7. The summed E-state index contributed by atoms with van der Waals surface area (Å²) >= 11 is 0. The van der Waals surface area contributed by atoms with Crippen LogP contribution in [-0.4, -0.2) is 27.8 Å². The van der Waals surface area contributed by atoms with Gasteiger partial charge in [-0.25, -0.2) is 9.78 Å². The van der Waals surface area contributed by atoms with Gasteiger partial charge in [-0.15, -0.1) is 0 Å². The number of benzene rings is 2. The molecule has 0 spiro atoms. The molecule has 2 heterocycles. The Morgan fingerprint density at radius 2 is 2.00 bits per heavy atom. The first-order valence-corrected chi connectivity index (χ1v) is 9.27. The Labute approximate surface area is 161 Å². The summed E-state index contributed by atoms with van der Waals surface area (Å²) in [6.45, 7) is 2.75. The van der Waals surface area contributed by atoms with Crippen LogP contribution in [-0.2, 0) is 11.3 Å². The number of esters is 1. The first kappa shape index (κ1) is 17.9. The highest BCUT2D eigenvalue weighted by Crippen LogP contribution is 2.17. The van der Waals surface area contributed by atoms with Crippen molar-refractivity contribution in [2.75, 3.05) is 12.0 Å². The minimum absolute atomic E-state index is 0.0354. The number of nitrogens with one attached hydrogen (secondary N) is 1. The highest BCUT2D eigenvalue weighted by atomic mass is 16.5. The van der Waals surface area contributed by atoms with E-state index >= 15 is 0 Å². The van der Waals surface area contributed by atoms with E-state index in [4.69, 9.17) is 4.74 Å². The summed E-state index contributed by atoms with van der Waals surface area (Å²) in [5.41, 5.74) is 5.60. The van der Waals surface area contributed by atoms with Gasteiger partial charge in [0.15, 0.2) is 5.82 Å². The number of ether oxygens (including phenoxy) is 1. The van der Waals surface area contributed by atoms with Gasteiger partial charge in [-0.1, -0.05) is 12.1 Å². The maximum Gasteiger partial charge on any atom is 0.338 e. The van der Waals surface area contributed by atoms with Crippen molar-refractivity contribution in [1.29, 1.82) is 0 Å². The SMILES string of the molecule is CCOC(=O)c1ccc(N/N=C2/CCCn3c2nc2ccccc2c3=O)cc1. The number of carbonyl (C=O) groups excluding carboxylic acids is 1. The average molecular weight is 376 g/mol. The van der Waals surface area contributed by atoms with E-state index in [0.29, 0.717) is 35.4 Å². The predicted octanol–water partition coefficient (Wildman–Crippen LogP) is 3.18. The molecule has 0 saturated heterocycles. The standard InChI is InChI=1S/C21H20N4O3/c1-2-28-21(27)14-9-11-15(12-10-14)23-24-18-8-5-13-25-19(18)22-17-7-4-3-6-16(17)20(25)26/h3-4,6-7,9-12,23H,2,5,8,13H2,1H3/b24-18-. The van der Waals surface area contributed by atoms with Gasteiger partial charge in [0.05, 0.1) is 28.8 Å². The second kappa shape index (κ2) is 7.64. The van der Waals surface area contributed by atoms with Crippen molar-refractivity contribution in [3.63, 3.8) is 0 Å². The molecule has 28 heavy (non-hydrogen) atoms. The van der Waals surface area contributed by atoms with Crippen molar-refractivity contribution in [3.05, 3.63) is 70.3 Å². The van der Waals surface area contributed by atoms with Crippen molar-refractivity contribution in [1.82, 2.24) is 9.55 Å². The molecule has 0 atom stereocenters. The minimum Gasteiger partial charge on any atom is -0.462 e. The largest absolute Gasteiger partial charge is 0.462 e. The molecule has 142 valence electrons. The zero-order valence-electron chi connectivity index (χ0n) is 15.5. The summed E-state index contributed by atoms with van der Waals surface area (Å²) in [5, 5.41) is 5.10. The number of hydrazone groups is 1. The van der Waals surface area contributed by atoms with Crippen molar-refractivity contribution < 1.29 is 9.53 Å². The summed E-state index contributed by atoms with van der Waals surface area (Å²) < 4.78 is 6.67. The number of fused-ring (bicyclic) bond motifs is 2. The van der Waals surface area contributed by atoms with E-state index in [1.54, 1.807) is 41.8 Å². The number of carbonyl (C=O) groups is 1. The summed E-state index contributed by atoms with van der Waals surface area (Å²) in [7, 11) is 0. The van der Waals surface area contributed by atoms with Gasteiger partial charge in [0.25, 0.3) is 5.56 Å². The third-order valence-electron chi connectivity index (χ3n) is 4.63. The minimum atomic E-state index is -0.350. The lowest BCUT2D eigenvalue weighted by atomic mass is 10.1. The molecule has 1 aliphatic heterocycles. The number of nitrogens with zero attached hydrogens (tertiary/aromatic N) is 3. The number of hydrogen-bond donors (Lipinski definition) is 1. The van der Waals surface area contributed by atoms with Crippen molar-refractivity contribution in [2.24, 2.45) is 5.10 Å². The number of aromatic nitrogens is 2. The molecule has 1 aliphatic rings. The topological polar surface area (TPSA) is 85.6 Å². The fourth-order valence-corrected chi connectivity index (χ4v) is 3.25. The summed E-state index contributed by atoms with van der Waals surface area (Å²) in [6.07, 6.45) is 1.56. The molecule has 0 bridgehead atoms. The summed E-state index contributed by atoms with van der Waals surface area (Å²) in [4.78, 5) is 29.1. The predicted molar refractivity (Wildman–Crippen MR) is 108 cm³/mol. The van der Waals surface area contributed by atoms with E-state index < -0.39 is 0 Å². The molecule has 2 aromatic carbocycles. The number of hydrogen-bond acceptors (Lipinski definition) is 6. The quantitative estimate of drug-likeness (QED) is 0.558. The molecular weight excluding hydrogens is 356 g/mol. The van der Waals surface area contributed by atoms with Gasteiger partial charge >= 0.3 is 5.97 Å². The van der Waals surface area contributed by atoms with Crippen LogP contribution >= 0.6 is 0 Å².